The van der Waals surface area contributed by atoms with E-state index in [2.05, 4.69) is 5.32 Å². The van der Waals surface area contributed by atoms with E-state index in [4.69, 9.17) is 10.00 Å². The van der Waals surface area contributed by atoms with Crippen molar-refractivity contribution in [1.29, 1.82) is 5.26 Å². The van der Waals surface area contributed by atoms with E-state index in [1.807, 2.05) is 6.07 Å². The quantitative estimate of drug-likeness (QED) is 0.845. The molecule has 2 rings (SSSR count). The van der Waals surface area contributed by atoms with Crippen molar-refractivity contribution >= 4 is 17.6 Å². The largest absolute Gasteiger partial charge is 0.507 e. The Balaban J connectivity index is 1.98. The van der Waals surface area contributed by atoms with Crippen LogP contribution in [0.25, 0.3) is 0 Å². The fraction of sp³-hybridized carbons (Fsp3) is 0.118. The first-order chi connectivity index (χ1) is 11.0. The van der Waals surface area contributed by atoms with Crippen LogP contribution in [0, 0.1) is 11.3 Å². The first-order valence-corrected chi connectivity index (χ1v) is 6.81. The molecular weight excluding hydrogens is 296 g/mol. The molecule has 2 N–H and O–H groups in total. The Morgan fingerprint density at radius 1 is 1.17 bits per heavy atom. The molecule has 0 spiro atoms. The van der Waals surface area contributed by atoms with Gasteiger partial charge in [-0.15, -0.1) is 0 Å². The van der Waals surface area contributed by atoms with Crippen molar-refractivity contribution < 1.29 is 19.4 Å². The standard InChI is InChI=1S/C17H14N2O4/c1-11(23-17(22)14-4-2-3-5-15(14)20)16(21)19-13-8-6-12(10-18)7-9-13/h2-9,11,20H,1H3,(H,19,21)/t11-/m1/s1. The number of rotatable bonds is 4. The predicted octanol–water partition coefficient (Wildman–Crippen LogP) is 2.45. The zero-order valence-corrected chi connectivity index (χ0v) is 12.3. The molecule has 1 atom stereocenters. The number of benzene rings is 2. The minimum absolute atomic E-state index is 0.00877. The maximum absolute atomic E-state index is 12.0. The number of hydrogen-bond acceptors (Lipinski definition) is 5. The molecule has 1 amide bonds. The van der Waals surface area contributed by atoms with E-state index in [1.54, 1.807) is 36.4 Å². The first-order valence-electron chi connectivity index (χ1n) is 6.81. The molecule has 0 aromatic heterocycles. The molecule has 0 fully saturated rings. The second-order valence-corrected chi connectivity index (χ2v) is 4.74. The minimum atomic E-state index is -1.04. The van der Waals surface area contributed by atoms with Crippen molar-refractivity contribution in [1.82, 2.24) is 0 Å². The van der Waals surface area contributed by atoms with E-state index in [-0.39, 0.29) is 11.3 Å². The number of anilines is 1. The molecule has 0 radical (unpaired) electrons. The van der Waals surface area contributed by atoms with Gasteiger partial charge in [0.1, 0.15) is 11.3 Å². The summed E-state index contributed by atoms with van der Waals surface area (Å²) in [5.74, 6) is -1.51. The number of phenols is 1. The van der Waals surface area contributed by atoms with Gasteiger partial charge in [0, 0.05) is 5.69 Å². The molecule has 6 heteroatoms. The lowest BCUT2D eigenvalue weighted by atomic mass is 10.2. The topological polar surface area (TPSA) is 99.4 Å². The smallest absolute Gasteiger partial charge is 0.342 e. The molecule has 23 heavy (non-hydrogen) atoms. The Hall–Kier alpha value is -3.33. The zero-order valence-electron chi connectivity index (χ0n) is 12.3. The van der Waals surface area contributed by atoms with Crippen LogP contribution in [0.5, 0.6) is 5.75 Å². The summed E-state index contributed by atoms with van der Waals surface area (Å²) in [6, 6.07) is 14.2. The lowest BCUT2D eigenvalue weighted by Gasteiger charge is -2.14. The van der Waals surface area contributed by atoms with Gasteiger partial charge in [0.05, 0.1) is 11.6 Å². The van der Waals surface area contributed by atoms with E-state index < -0.39 is 18.0 Å². The van der Waals surface area contributed by atoms with Crippen molar-refractivity contribution in [3.8, 4) is 11.8 Å². The Bertz CT molecular complexity index is 763. The summed E-state index contributed by atoms with van der Waals surface area (Å²) < 4.78 is 5.03. The Morgan fingerprint density at radius 3 is 2.43 bits per heavy atom. The number of phenolic OH excluding ortho intramolecular Hbond substituents is 1. The normalized spacial score (nSPS) is 11.1. The number of carbonyl (C=O) groups excluding carboxylic acids is 2. The highest BCUT2D eigenvalue weighted by Gasteiger charge is 2.20. The number of amides is 1. The van der Waals surface area contributed by atoms with Gasteiger partial charge < -0.3 is 15.2 Å². The summed E-state index contributed by atoms with van der Waals surface area (Å²) in [7, 11) is 0. The van der Waals surface area contributed by atoms with Crippen LogP contribution >= 0.6 is 0 Å². The molecule has 0 aliphatic heterocycles. The summed E-state index contributed by atoms with van der Waals surface area (Å²) >= 11 is 0. The average Bonchev–Trinajstić information content (AvgIpc) is 2.55. The molecule has 0 aliphatic carbocycles. The van der Waals surface area contributed by atoms with Gasteiger partial charge in [-0.2, -0.15) is 5.26 Å². The van der Waals surface area contributed by atoms with Gasteiger partial charge in [0.2, 0.25) is 0 Å². The summed E-state index contributed by atoms with van der Waals surface area (Å²) in [5, 5.41) is 20.9. The van der Waals surface area contributed by atoms with E-state index in [1.165, 1.54) is 19.1 Å². The molecule has 0 saturated carbocycles. The SMILES string of the molecule is C[C@@H](OC(=O)c1ccccc1O)C(=O)Nc1ccc(C#N)cc1. The third kappa shape index (κ3) is 4.08. The summed E-state index contributed by atoms with van der Waals surface area (Å²) in [4.78, 5) is 23.9. The van der Waals surface area contributed by atoms with Crippen LogP contribution in [-0.2, 0) is 9.53 Å². The predicted molar refractivity (Wildman–Crippen MR) is 82.8 cm³/mol. The van der Waals surface area contributed by atoms with Gasteiger partial charge in [0.25, 0.3) is 5.91 Å². The number of esters is 1. The zero-order chi connectivity index (χ0) is 16.8. The lowest BCUT2D eigenvalue weighted by molar-refractivity contribution is -0.123. The second-order valence-electron chi connectivity index (χ2n) is 4.74. The van der Waals surface area contributed by atoms with Gasteiger partial charge in [0.15, 0.2) is 6.10 Å². The molecule has 0 aliphatic rings. The van der Waals surface area contributed by atoms with E-state index in [0.717, 1.165) is 0 Å². The fourth-order valence-electron chi connectivity index (χ4n) is 1.80. The number of nitrogens with one attached hydrogen (secondary N) is 1. The van der Waals surface area contributed by atoms with Crippen LogP contribution in [0.15, 0.2) is 48.5 Å². The molecule has 6 nitrogen and oxygen atoms in total. The number of nitrogens with zero attached hydrogens (tertiary/aromatic N) is 1. The molecule has 2 aromatic rings. The fourth-order valence-corrected chi connectivity index (χ4v) is 1.80. The highest BCUT2D eigenvalue weighted by molar-refractivity contribution is 5.98. The number of para-hydroxylation sites is 1. The Labute approximate surface area is 132 Å². The van der Waals surface area contributed by atoms with Crippen molar-refractivity contribution in [2.45, 2.75) is 13.0 Å². The molecule has 0 heterocycles. The molecule has 0 unspecified atom stereocenters. The maximum atomic E-state index is 12.0. The summed E-state index contributed by atoms with van der Waals surface area (Å²) in [6.07, 6.45) is -1.04. The van der Waals surface area contributed by atoms with E-state index >= 15 is 0 Å². The number of ether oxygens (including phenoxy) is 1. The van der Waals surface area contributed by atoms with Crippen LogP contribution in [-0.4, -0.2) is 23.1 Å². The van der Waals surface area contributed by atoms with Gasteiger partial charge in [-0.05, 0) is 43.3 Å². The van der Waals surface area contributed by atoms with Crippen LogP contribution in [0.1, 0.15) is 22.8 Å². The minimum Gasteiger partial charge on any atom is -0.507 e. The summed E-state index contributed by atoms with van der Waals surface area (Å²) in [5.41, 5.74) is 0.951. The summed E-state index contributed by atoms with van der Waals surface area (Å²) in [6.45, 7) is 1.43. The third-order valence-corrected chi connectivity index (χ3v) is 3.06. The van der Waals surface area contributed by atoms with Crippen LogP contribution in [0.2, 0.25) is 0 Å². The highest BCUT2D eigenvalue weighted by atomic mass is 16.5. The van der Waals surface area contributed by atoms with Crippen LogP contribution < -0.4 is 5.32 Å². The van der Waals surface area contributed by atoms with Gasteiger partial charge in [-0.25, -0.2) is 4.79 Å². The molecule has 2 aromatic carbocycles. The second kappa shape index (κ2) is 7.09. The number of aromatic hydroxyl groups is 1. The van der Waals surface area contributed by atoms with Crippen LogP contribution in [0.4, 0.5) is 5.69 Å². The van der Waals surface area contributed by atoms with E-state index in [0.29, 0.717) is 11.3 Å². The monoisotopic (exact) mass is 310 g/mol. The van der Waals surface area contributed by atoms with E-state index in [9.17, 15) is 14.7 Å². The molecule has 0 saturated heterocycles. The third-order valence-electron chi connectivity index (χ3n) is 3.06. The van der Waals surface area contributed by atoms with Crippen molar-refractivity contribution in [2.24, 2.45) is 0 Å². The molecule has 0 bridgehead atoms. The van der Waals surface area contributed by atoms with Crippen LogP contribution in [0.3, 0.4) is 0 Å². The average molecular weight is 310 g/mol. The molecular formula is C17H14N2O4. The van der Waals surface area contributed by atoms with Gasteiger partial charge >= 0.3 is 5.97 Å². The Kier molecular flexibility index (Phi) is 4.95. The highest BCUT2D eigenvalue weighted by Crippen LogP contribution is 2.17. The van der Waals surface area contributed by atoms with Crippen molar-refractivity contribution in [2.75, 3.05) is 5.32 Å². The molecule has 116 valence electrons. The number of nitriles is 1. The lowest BCUT2D eigenvalue weighted by Crippen LogP contribution is -2.30. The van der Waals surface area contributed by atoms with Gasteiger partial charge in [-0.1, -0.05) is 12.1 Å². The van der Waals surface area contributed by atoms with Gasteiger partial charge in [-0.3, -0.25) is 4.79 Å². The first kappa shape index (κ1) is 16.0. The number of carbonyl (C=O) groups is 2. The Morgan fingerprint density at radius 2 is 1.83 bits per heavy atom. The number of hydrogen-bond donors (Lipinski definition) is 2. The van der Waals surface area contributed by atoms with Crippen molar-refractivity contribution in [3.63, 3.8) is 0 Å². The van der Waals surface area contributed by atoms with Crippen molar-refractivity contribution in [3.05, 3.63) is 59.7 Å². The maximum Gasteiger partial charge on any atom is 0.342 e.